The lowest BCUT2D eigenvalue weighted by Gasteiger charge is -2.24. The van der Waals surface area contributed by atoms with E-state index in [2.05, 4.69) is 0 Å². The number of carbonyl (C=O) groups excluding carboxylic acids is 1. The summed E-state index contributed by atoms with van der Waals surface area (Å²) in [5.41, 5.74) is 1.84. The number of para-hydroxylation sites is 1. The number of nitrogens with zero attached hydrogens (tertiary/aromatic N) is 1. The van der Waals surface area contributed by atoms with Crippen LogP contribution in [0.25, 0.3) is 11.0 Å². The zero-order valence-corrected chi connectivity index (χ0v) is 12.1. The predicted octanol–water partition coefficient (Wildman–Crippen LogP) is 4.27. The predicted molar refractivity (Wildman–Crippen MR) is 83.2 cm³/mol. The third-order valence-electron chi connectivity index (χ3n) is 3.82. The molecule has 0 spiro atoms. The van der Waals surface area contributed by atoms with Gasteiger partial charge in [-0.15, -0.1) is 0 Å². The molecule has 0 bridgehead atoms. The van der Waals surface area contributed by atoms with Gasteiger partial charge < -0.3 is 9.32 Å². The van der Waals surface area contributed by atoms with E-state index in [1.807, 2.05) is 61.5 Å². The van der Waals surface area contributed by atoms with Crippen LogP contribution in [0.4, 0.5) is 0 Å². The first-order valence-electron chi connectivity index (χ1n) is 6.97. The molecule has 0 unspecified atom stereocenters. The van der Waals surface area contributed by atoms with E-state index in [9.17, 15) is 4.79 Å². The molecule has 0 aliphatic carbocycles. The molecule has 3 nitrogen and oxygen atoms in total. The lowest BCUT2D eigenvalue weighted by Crippen LogP contribution is -2.29. The van der Waals surface area contributed by atoms with Gasteiger partial charge in [0.25, 0.3) is 5.91 Å². The Morgan fingerprint density at radius 3 is 2.43 bits per heavy atom. The molecule has 3 rings (SSSR count). The molecular formula is C18H17NO2. The van der Waals surface area contributed by atoms with Gasteiger partial charge in [-0.05, 0) is 24.6 Å². The summed E-state index contributed by atoms with van der Waals surface area (Å²) in [6.07, 6.45) is 0. The van der Waals surface area contributed by atoms with Crippen LogP contribution in [0.15, 0.2) is 65.1 Å². The van der Waals surface area contributed by atoms with Crippen LogP contribution in [-0.2, 0) is 0 Å². The van der Waals surface area contributed by atoms with Crippen molar-refractivity contribution in [1.82, 2.24) is 4.90 Å². The standard InChI is InChI=1S/C18H17NO2/c1-13(14-8-4-3-5-9-14)19(2)18(20)17-12-15-10-6-7-11-16(15)21-17/h3-13H,1-2H3/t13-/m1/s1. The maximum absolute atomic E-state index is 12.6. The molecule has 0 saturated carbocycles. The number of carbonyl (C=O) groups is 1. The summed E-state index contributed by atoms with van der Waals surface area (Å²) in [7, 11) is 1.80. The van der Waals surface area contributed by atoms with E-state index in [1.54, 1.807) is 18.0 Å². The number of hydrogen-bond donors (Lipinski definition) is 0. The molecule has 0 radical (unpaired) electrons. The molecule has 0 fully saturated rings. The molecule has 106 valence electrons. The molecule has 3 aromatic rings. The molecule has 1 aromatic heterocycles. The molecule has 3 heteroatoms. The number of hydrogen-bond acceptors (Lipinski definition) is 2. The summed E-state index contributed by atoms with van der Waals surface area (Å²) < 4.78 is 5.65. The highest BCUT2D eigenvalue weighted by molar-refractivity contribution is 5.96. The molecule has 0 aliphatic heterocycles. The molecule has 21 heavy (non-hydrogen) atoms. The van der Waals surface area contributed by atoms with Gasteiger partial charge in [-0.3, -0.25) is 4.79 Å². The van der Waals surface area contributed by atoms with E-state index in [0.29, 0.717) is 5.76 Å². The molecule has 0 aliphatic rings. The Morgan fingerprint density at radius 2 is 1.71 bits per heavy atom. The van der Waals surface area contributed by atoms with Gasteiger partial charge in [-0.1, -0.05) is 48.5 Å². The zero-order valence-electron chi connectivity index (χ0n) is 12.1. The highest BCUT2D eigenvalue weighted by atomic mass is 16.3. The van der Waals surface area contributed by atoms with Crippen LogP contribution in [0.5, 0.6) is 0 Å². The number of benzene rings is 2. The van der Waals surface area contributed by atoms with Gasteiger partial charge in [-0.2, -0.15) is 0 Å². The first kappa shape index (κ1) is 13.4. The van der Waals surface area contributed by atoms with Crippen molar-refractivity contribution in [3.8, 4) is 0 Å². The Morgan fingerprint density at radius 1 is 1.05 bits per heavy atom. The maximum atomic E-state index is 12.6. The summed E-state index contributed by atoms with van der Waals surface area (Å²) in [5.74, 6) is 0.268. The van der Waals surface area contributed by atoms with Gasteiger partial charge in [0.15, 0.2) is 5.76 Å². The third kappa shape index (κ3) is 2.55. The minimum atomic E-state index is -0.109. The van der Waals surface area contributed by atoms with Gasteiger partial charge in [0.2, 0.25) is 0 Å². The summed E-state index contributed by atoms with van der Waals surface area (Å²) in [6, 6.07) is 19.4. The average Bonchev–Trinajstić information content (AvgIpc) is 2.97. The largest absolute Gasteiger partial charge is 0.451 e. The van der Waals surface area contributed by atoms with Crippen molar-refractivity contribution in [3.05, 3.63) is 72.0 Å². The maximum Gasteiger partial charge on any atom is 0.289 e. The lowest BCUT2D eigenvalue weighted by atomic mass is 10.1. The Bertz CT molecular complexity index is 728. The SMILES string of the molecule is C[C@H](c1ccccc1)N(C)C(=O)c1cc2ccccc2o1. The quantitative estimate of drug-likeness (QED) is 0.717. The number of fused-ring (bicyclic) bond motifs is 1. The van der Waals surface area contributed by atoms with E-state index in [4.69, 9.17) is 4.42 Å². The van der Waals surface area contributed by atoms with Gasteiger partial charge in [0, 0.05) is 12.4 Å². The summed E-state index contributed by atoms with van der Waals surface area (Å²) in [6.45, 7) is 2.01. The molecule has 1 amide bonds. The third-order valence-corrected chi connectivity index (χ3v) is 3.82. The second-order valence-electron chi connectivity index (χ2n) is 5.15. The summed E-state index contributed by atoms with van der Waals surface area (Å²) in [5, 5.41) is 0.946. The second kappa shape index (κ2) is 5.44. The van der Waals surface area contributed by atoms with Crippen molar-refractivity contribution in [2.24, 2.45) is 0 Å². The smallest absolute Gasteiger partial charge is 0.289 e. The van der Waals surface area contributed by atoms with Crippen LogP contribution in [0.2, 0.25) is 0 Å². The molecule has 2 aromatic carbocycles. The average molecular weight is 279 g/mol. The first-order chi connectivity index (χ1) is 10.2. The molecule has 0 N–H and O–H groups in total. The van der Waals surface area contributed by atoms with Crippen molar-refractivity contribution in [1.29, 1.82) is 0 Å². The van der Waals surface area contributed by atoms with Crippen molar-refractivity contribution in [2.45, 2.75) is 13.0 Å². The Balaban J connectivity index is 1.87. The van der Waals surface area contributed by atoms with Crippen LogP contribution < -0.4 is 0 Å². The number of furan rings is 1. The normalized spacial score (nSPS) is 12.3. The first-order valence-corrected chi connectivity index (χ1v) is 6.97. The Kier molecular flexibility index (Phi) is 3.48. The Labute approximate surface area is 123 Å². The minimum absolute atomic E-state index is 0.00749. The van der Waals surface area contributed by atoms with Crippen LogP contribution in [0.3, 0.4) is 0 Å². The van der Waals surface area contributed by atoms with E-state index >= 15 is 0 Å². The molecule has 1 heterocycles. The molecule has 0 saturated heterocycles. The van der Waals surface area contributed by atoms with Gasteiger partial charge in [0.1, 0.15) is 5.58 Å². The van der Waals surface area contributed by atoms with E-state index in [-0.39, 0.29) is 11.9 Å². The molecular weight excluding hydrogens is 262 g/mol. The zero-order chi connectivity index (χ0) is 14.8. The van der Waals surface area contributed by atoms with Crippen LogP contribution >= 0.6 is 0 Å². The number of amides is 1. The van der Waals surface area contributed by atoms with Crippen LogP contribution in [0.1, 0.15) is 29.1 Å². The minimum Gasteiger partial charge on any atom is -0.451 e. The van der Waals surface area contributed by atoms with E-state index < -0.39 is 0 Å². The van der Waals surface area contributed by atoms with Gasteiger partial charge in [-0.25, -0.2) is 0 Å². The van der Waals surface area contributed by atoms with E-state index in [1.165, 1.54) is 0 Å². The lowest BCUT2D eigenvalue weighted by molar-refractivity contribution is 0.0713. The van der Waals surface area contributed by atoms with Crippen molar-refractivity contribution >= 4 is 16.9 Å². The van der Waals surface area contributed by atoms with Crippen molar-refractivity contribution in [2.75, 3.05) is 7.05 Å². The Hall–Kier alpha value is -2.55. The summed E-state index contributed by atoms with van der Waals surface area (Å²) >= 11 is 0. The highest BCUT2D eigenvalue weighted by Crippen LogP contribution is 2.24. The monoisotopic (exact) mass is 279 g/mol. The van der Waals surface area contributed by atoms with Crippen LogP contribution in [-0.4, -0.2) is 17.9 Å². The van der Waals surface area contributed by atoms with Crippen molar-refractivity contribution in [3.63, 3.8) is 0 Å². The van der Waals surface area contributed by atoms with Gasteiger partial charge >= 0.3 is 0 Å². The molecule has 1 atom stereocenters. The second-order valence-corrected chi connectivity index (χ2v) is 5.15. The van der Waals surface area contributed by atoms with Gasteiger partial charge in [0.05, 0.1) is 6.04 Å². The fourth-order valence-corrected chi connectivity index (χ4v) is 2.39. The summed E-state index contributed by atoms with van der Waals surface area (Å²) in [4.78, 5) is 14.3. The highest BCUT2D eigenvalue weighted by Gasteiger charge is 2.21. The fourth-order valence-electron chi connectivity index (χ4n) is 2.39. The van der Waals surface area contributed by atoms with E-state index in [0.717, 1.165) is 16.5 Å². The fraction of sp³-hybridized carbons (Fsp3) is 0.167. The van der Waals surface area contributed by atoms with Crippen LogP contribution in [0, 0.1) is 0 Å². The van der Waals surface area contributed by atoms with Crippen molar-refractivity contribution < 1.29 is 9.21 Å². The number of rotatable bonds is 3. The topological polar surface area (TPSA) is 33.5 Å².